The normalized spacial score (nSPS) is 10.3. The number of rotatable bonds is 3. The molecule has 2 aromatic rings. The first-order chi connectivity index (χ1) is 9.95. The Kier molecular flexibility index (Phi) is 4.91. The Morgan fingerprint density at radius 3 is 2.19 bits per heavy atom. The van der Waals surface area contributed by atoms with Crippen LogP contribution >= 0.6 is 11.9 Å². The van der Waals surface area contributed by atoms with Gasteiger partial charge in [0.15, 0.2) is 0 Å². The van der Waals surface area contributed by atoms with Gasteiger partial charge in [0, 0.05) is 4.90 Å². The summed E-state index contributed by atoms with van der Waals surface area (Å²) in [5, 5.41) is 0. The van der Waals surface area contributed by atoms with E-state index in [4.69, 9.17) is 4.74 Å². The largest absolute Gasteiger partial charge is 0.422 e. The third-order valence-electron chi connectivity index (χ3n) is 3.11. The monoisotopic (exact) mass is 301 g/mol. The predicted octanol–water partition coefficient (Wildman–Crippen LogP) is 4.72. The van der Waals surface area contributed by atoms with Crippen molar-refractivity contribution in [3.63, 3.8) is 0 Å². The van der Waals surface area contributed by atoms with Crippen molar-refractivity contribution in [2.75, 3.05) is 0 Å². The predicted molar refractivity (Wildman–Crippen MR) is 86.8 cm³/mol. The zero-order chi connectivity index (χ0) is 15.4. The molecule has 2 aromatic carbocycles. The molecule has 0 aliphatic carbocycles. The van der Waals surface area contributed by atoms with Crippen molar-refractivity contribution in [3.05, 3.63) is 58.7 Å². The highest BCUT2D eigenvalue weighted by atomic mass is 32.2. The third kappa shape index (κ3) is 4.26. The van der Waals surface area contributed by atoms with Crippen LogP contribution in [0.2, 0.25) is 0 Å². The zero-order valence-electron chi connectivity index (χ0n) is 12.7. The highest BCUT2D eigenvalue weighted by Crippen LogP contribution is 2.22. The standard InChI is InChI=1S/C17H19NO2S/c1-11-5-7-15(13(3)9-11)20-17(19)18-21-16-8-6-12(2)10-14(16)4/h5-10H,1-4H3,(H,18,19). The van der Waals surface area contributed by atoms with Gasteiger partial charge in [-0.3, -0.25) is 4.72 Å². The van der Waals surface area contributed by atoms with Crippen LogP contribution in [0.5, 0.6) is 5.75 Å². The number of amides is 1. The Labute approximate surface area is 129 Å². The van der Waals surface area contributed by atoms with E-state index in [1.807, 2.05) is 58.0 Å². The van der Waals surface area contributed by atoms with Crippen LogP contribution in [0, 0.1) is 27.7 Å². The Hall–Kier alpha value is -1.94. The van der Waals surface area contributed by atoms with E-state index in [9.17, 15) is 4.79 Å². The lowest BCUT2D eigenvalue weighted by molar-refractivity contribution is 0.207. The SMILES string of the molecule is Cc1ccc(OC(=O)NSc2ccc(C)cc2C)c(C)c1. The van der Waals surface area contributed by atoms with Crippen molar-refractivity contribution in [3.8, 4) is 5.75 Å². The van der Waals surface area contributed by atoms with E-state index in [0.29, 0.717) is 5.75 Å². The van der Waals surface area contributed by atoms with Gasteiger partial charge in [0.2, 0.25) is 0 Å². The first kappa shape index (κ1) is 15.4. The summed E-state index contributed by atoms with van der Waals surface area (Å²) in [6, 6.07) is 11.8. The second-order valence-electron chi connectivity index (χ2n) is 5.13. The fourth-order valence-corrected chi connectivity index (χ4v) is 2.64. The number of benzene rings is 2. The number of carbonyl (C=O) groups excluding carboxylic acids is 1. The molecule has 1 N–H and O–H groups in total. The molecule has 110 valence electrons. The summed E-state index contributed by atoms with van der Waals surface area (Å²) in [7, 11) is 0. The van der Waals surface area contributed by atoms with Gasteiger partial charge in [-0.2, -0.15) is 0 Å². The molecule has 0 saturated carbocycles. The van der Waals surface area contributed by atoms with Gasteiger partial charge in [-0.25, -0.2) is 4.79 Å². The molecule has 0 heterocycles. The molecule has 0 aliphatic rings. The lowest BCUT2D eigenvalue weighted by Gasteiger charge is -2.10. The van der Waals surface area contributed by atoms with E-state index in [1.54, 1.807) is 0 Å². The topological polar surface area (TPSA) is 38.3 Å². The molecule has 1 amide bonds. The van der Waals surface area contributed by atoms with Gasteiger partial charge in [-0.05, 0) is 62.9 Å². The molecule has 0 radical (unpaired) electrons. The number of nitrogens with one attached hydrogen (secondary N) is 1. The summed E-state index contributed by atoms with van der Waals surface area (Å²) >= 11 is 1.27. The summed E-state index contributed by atoms with van der Waals surface area (Å²) < 4.78 is 8.02. The molecule has 0 aliphatic heterocycles. The van der Waals surface area contributed by atoms with Gasteiger partial charge < -0.3 is 4.74 Å². The van der Waals surface area contributed by atoms with Crippen LogP contribution in [0.15, 0.2) is 41.3 Å². The van der Waals surface area contributed by atoms with E-state index < -0.39 is 6.09 Å². The molecule has 0 fully saturated rings. The molecule has 4 heteroatoms. The smallest absolute Gasteiger partial charge is 0.409 e. The molecule has 0 aromatic heterocycles. The van der Waals surface area contributed by atoms with Crippen molar-refractivity contribution >= 4 is 18.0 Å². The van der Waals surface area contributed by atoms with E-state index in [0.717, 1.165) is 21.6 Å². The van der Waals surface area contributed by atoms with Gasteiger partial charge in [0.05, 0.1) is 0 Å². The Balaban J connectivity index is 1.96. The maximum absolute atomic E-state index is 11.8. The third-order valence-corrected chi connectivity index (χ3v) is 4.05. The number of carbonyl (C=O) groups is 1. The van der Waals surface area contributed by atoms with Crippen LogP contribution < -0.4 is 9.46 Å². The number of ether oxygens (including phenoxy) is 1. The average molecular weight is 301 g/mol. The molecule has 21 heavy (non-hydrogen) atoms. The first-order valence-corrected chi connectivity index (χ1v) is 7.56. The van der Waals surface area contributed by atoms with Crippen LogP contribution in [-0.4, -0.2) is 6.09 Å². The second kappa shape index (κ2) is 6.68. The molecular formula is C17H19NO2S. The molecule has 0 saturated heterocycles. The summed E-state index contributed by atoms with van der Waals surface area (Å²) in [6.07, 6.45) is -0.466. The van der Waals surface area contributed by atoms with Gasteiger partial charge in [-0.1, -0.05) is 35.4 Å². The summed E-state index contributed by atoms with van der Waals surface area (Å²) in [4.78, 5) is 12.9. The minimum atomic E-state index is -0.466. The molecule has 0 atom stereocenters. The van der Waals surface area contributed by atoms with Crippen molar-refractivity contribution < 1.29 is 9.53 Å². The minimum absolute atomic E-state index is 0.466. The van der Waals surface area contributed by atoms with E-state index >= 15 is 0 Å². The van der Waals surface area contributed by atoms with Crippen LogP contribution in [0.4, 0.5) is 4.79 Å². The van der Waals surface area contributed by atoms with Crippen LogP contribution in [0.1, 0.15) is 22.3 Å². The van der Waals surface area contributed by atoms with Gasteiger partial charge in [-0.15, -0.1) is 0 Å². The van der Waals surface area contributed by atoms with Crippen LogP contribution in [-0.2, 0) is 0 Å². The van der Waals surface area contributed by atoms with Crippen LogP contribution in [0.3, 0.4) is 0 Å². The van der Waals surface area contributed by atoms with Gasteiger partial charge >= 0.3 is 6.09 Å². The summed E-state index contributed by atoms with van der Waals surface area (Å²) in [5.41, 5.74) is 4.42. The minimum Gasteiger partial charge on any atom is -0.409 e. The summed E-state index contributed by atoms with van der Waals surface area (Å²) in [6.45, 7) is 8.00. The molecular weight excluding hydrogens is 282 g/mol. The average Bonchev–Trinajstić information content (AvgIpc) is 2.41. The van der Waals surface area contributed by atoms with E-state index in [2.05, 4.69) is 10.8 Å². The highest BCUT2D eigenvalue weighted by Gasteiger charge is 2.08. The number of hydrogen-bond donors (Lipinski definition) is 1. The Morgan fingerprint density at radius 2 is 1.57 bits per heavy atom. The summed E-state index contributed by atoms with van der Waals surface area (Å²) in [5.74, 6) is 0.583. The molecule has 3 nitrogen and oxygen atoms in total. The fourth-order valence-electron chi connectivity index (χ4n) is 2.05. The van der Waals surface area contributed by atoms with Crippen molar-refractivity contribution in [2.24, 2.45) is 0 Å². The maximum Gasteiger partial charge on any atom is 0.422 e. The van der Waals surface area contributed by atoms with E-state index in [1.165, 1.54) is 17.5 Å². The lowest BCUT2D eigenvalue weighted by atomic mass is 10.1. The van der Waals surface area contributed by atoms with Crippen molar-refractivity contribution in [1.82, 2.24) is 4.72 Å². The second-order valence-corrected chi connectivity index (χ2v) is 5.98. The molecule has 0 bridgehead atoms. The lowest BCUT2D eigenvalue weighted by Crippen LogP contribution is -2.20. The Bertz CT molecular complexity index is 668. The molecule has 2 rings (SSSR count). The van der Waals surface area contributed by atoms with Gasteiger partial charge in [0.1, 0.15) is 5.75 Å². The molecule has 0 spiro atoms. The quantitative estimate of drug-likeness (QED) is 0.834. The van der Waals surface area contributed by atoms with Crippen LogP contribution in [0.25, 0.3) is 0 Å². The van der Waals surface area contributed by atoms with Gasteiger partial charge in [0.25, 0.3) is 0 Å². The first-order valence-electron chi connectivity index (χ1n) is 6.75. The van der Waals surface area contributed by atoms with Crippen molar-refractivity contribution in [1.29, 1.82) is 0 Å². The fraction of sp³-hybridized carbons (Fsp3) is 0.235. The zero-order valence-corrected chi connectivity index (χ0v) is 13.5. The molecule has 0 unspecified atom stereocenters. The maximum atomic E-state index is 11.8. The van der Waals surface area contributed by atoms with E-state index in [-0.39, 0.29) is 0 Å². The highest BCUT2D eigenvalue weighted by molar-refractivity contribution is 7.98. The number of aryl methyl sites for hydroxylation is 4. The Morgan fingerprint density at radius 1 is 0.952 bits per heavy atom. The number of hydrogen-bond acceptors (Lipinski definition) is 3. The van der Waals surface area contributed by atoms with Crippen molar-refractivity contribution in [2.45, 2.75) is 32.6 Å².